The van der Waals surface area contributed by atoms with Crippen molar-refractivity contribution < 1.29 is 4.79 Å². The zero-order valence-electron chi connectivity index (χ0n) is 10.9. The topological polar surface area (TPSA) is 20.3 Å². The normalized spacial score (nSPS) is 25.3. The fourth-order valence-electron chi connectivity index (χ4n) is 2.98. The van der Waals surface area contributed by atoms with Crippen LogP contribution in [-0.4, -0.2) is 21.7 Å². The summed E-state index contributed by atoms with van der Waals surface area (Å²) in [5.41, 5.74) is 2.03. The van der Waals surface area contributed by atoms with Gasteiger partial charge in [0.25, 0.3) is 5.91 Å². The molecule has 18 heavy (non-hydrogen) atoms. The predicted molar refractivity (Wildman–Crippen MR) is 74.7 cm³/mol. The average molecular weight is 259 g/mol. The standard InChI is InChI=1S/C15H17NOS/c1-10-8-13-16(15(2,3)9-10)14(17)11-6-4-5-7-12(11)18-13/h4-7,9,13H,8H2,1-3H3. The smallest absolute Gasteiger partial charge is 0.256 e. The van der Waals surface area contributed by atoms with Crippen LogP contribution < -0.4 is 0 Å². The second-order valence-corrected chi connectivity index (χ2v) is 6.81. The molecule has 1 aromatic rings. The summed E-state index contributed by atoms with van der Waals surface area (Å²) in [6.45, 7) is 6.40. The van der Waals surface area contributed by atoms with Gasteiger partial charge in [-0.3, -0.25) is 4.79 Å². The summed E-state index contributed by atoms with van der Waals surface area (Å²) in [7, 11) is 0. The number of thioether (sulfide) groups is 1. The first-order chi connectivity index (χ1) is 8.49. The van der Waals surface area contributed by atoms with Crippen molar-refractivity contribution in [3.05, 3.63) is 41.5 Å². The number of amides is 1. The van der Waals surface area contributed by atoms with E-state index in [4.69, 9.17) is 0 Å². The molecule has 2 nitrogen and oxygen atoms in total. The molecule has 0 bridgehead atoms. The molecule has 94 valence electrons. The molecule has 1 atom stereocenters. The molecular formula is C15H17NOS. The van der Waals surface area contributed by atoms with Crippen LogP contribution in [0, 0.1) is 0 Å². The molecule has 0 radical (unpaired) electrons. The van der Waals surface area contributed by atoms with Crippen molar-refractivity contribution in [3.8, 4) is 0 Å². The lowest BCUT2D eigenvalue weighted by Gasteiger charge is -2.48. The van der Waals surface area contributed by atoms with Gasteiger partial charge in [0.2, 0.25) is 0 Å². The Bertz CT molecular complexity index is 547. The van der Waals surface area contributed by atoms with Gasteiger partial charge in [0.15, 0.2) is 0 Å². The van der Waals surface area contributed by atoms with E-state index in [1.165, 1.54) is 5.57 Å². The highest BCUT2D eigenvalue weighted by Gasteiger charge is 2.42. The van der Waals surface area contributed by atoms with Crippen molar-refractivity contribution in [1.82, 2.24) is 4.90 Å². The molecule has 1 unspecified atom stereocenters. The first-order valence-corrected chi connectivity index (χ1v) is 7.15. The van der Waals surface area contributed by atoms with Crippen LogP contribution in [-0.2, 0) is 0 Å². The van der Waals surface area contributed by atoms with E-state index in [0.717, 1.165) is 16.9 Å². The minimum absolute atomic E-state index is 0.170. The summed E-state index contributed by atoms with van der Waals surface area (Å²) >= 11 is 1.81. The lowest BCUT2D eigenvalue weighted by Crippen LogP contribution is -2.55. The number of nitrogens with zero attached hydrogens (tertiary/aromatic N) is 1. The van der Waals surface area contributed by atoms with E-state index < -0.39 is 0 Å². The van der Waals surface area contributed by atoms with Crippen LogP contribution in [0.3, 0.4) is 0 Å². The van der Waals surface area contributed by atoms with E-state index in [2.05, 4.69) is 32.9 Å². The fourth-order valence-corrected chi connectivity index (χ4v) is 4.53. The third-order valence-corrected chi connectivity index (χ3v) is 4.86. The summed E-state index contributed by atoms with van der Waals surface area (Å²) in [6.07, 6.45) is 3.18. The maximum atomic E-state index is 12.7. The van der Waals surface area contributed by atoms with Gasteiger partial charge in [0, 0.05) is 4.90 Å². The maximum absolute atomic E-state index is 12.7. The van der Waals surface area contributed by atoms with Gasteiger partial charge in [0.1, 0.15) is 0 Å². The number of carbonyl (C=O) groups is 1. The van der Waals surface area contributed by atoms with E-state index in [1.54, 1.807) is 0 Å². The highest BCUT2D eigenvalue weighted by atomic mass is 32.2. The van der Waals surface area contributed by atoms with E-state index in [9.17, 15) is 4.79 Å². The average Bonchev–Trinajstić information content (AvgIpc) is 2.26. The number of hydrogen-bond acceptors (Lipinski definition) is 2. The first-order valence-electron chi connectivity index (χ1n) is 6.27. The van der Waals surface area contributed by atoms with Crippen LogP contribution in [0.5, 0.6) is 0 Å². The molecule has 0 N–H and O–H groups in total. The third kappa shape index (κ3) is 1.69. The number of rotatable bonds is 0. The van der Waals surface area contributed by atoms with Crippen LogP contribution in [0.25, 0.3) is 0 Å². The molecule has 3 heteroatoms. The van der Waals surface area contributed by atoms with E-state index in [1.807, 2.05) is 34.9 Å². The van der Waals surface area contributed by atoms with Crippen molar-refractivity contribution >= 4 is 17.7 Å². The Hall–Kier alpha value is -1.22. The lowest BCUT2D eigenvalue weighted by atomic mass is 9.92. The zero-order chi connectivity index (χ0) is 12.9. The Labute approximate surface area is 112 Å². The molecule has 0 saturated carbocycles. The van der Waals surface area contributed by atoms with Crippen molar-refractivity contribution in [2.24, 2.45) is 0 Å². The molecule has 0 aliphatic carbocycles. The van der Waals surface area contributed by atoms with Crippen LogP contribution in [0.15, 0.2) is 40.8 Å². The second-order valence-electron chi connectivity index (χ2n) is 5.59. The molecule has 1 aromatic carbocycles. The molecule has 3 rings (SSSR count). The molecule has 2 aliphatic rings. The zero-order valence-corrected chi connectivity index (χ0v) is 11.8. The van der Waals surface area contributed by atoms with Crippen LogP contribution >= 0.6 is 11.8 Å². The highest BCUT2D eigenvalue weighted by molar-refractivity contribution is 8.00. The van der Waals surface area contributed by atoms with Crippen LogP contribution in [0.2, 0.25) is 0 Å². The predicted octanol–water partition coefficient (Wildman–Crippen LogP) is 3.69. The Kier molecular flexibility index (Phi) is 2.56. The molecule has 0 spiro atoms. The number of fused-ring (bicyclic) bond motifs is 2. The highest BCUT2D eigenvalue weighted by Crippen LogP contribution is 2.44. The van der Waals surface area contributed by atoms with Gasteiger partial charge in [-0.25, -0.2) is 0 Å². The Morgan fingerprint density at radius 2 is 2.06 bits per heavy atom. The summed E-state index contributed by atoms with van der Waals surface area (Å²) in [5, 5.41) is 0.243. The summed E-state index contributed by atoms with van der Waals surface area (Å²) < 4.78 is 0. The molecule has 2 heterocycles. The SMILES string of the molecule is CC1=CC(C)(C)N2C(=O)c3ccccc3SC2C1. The van der Waals surface area contributed by atoms with Crippen LogP contribution in [0.1, 0.15) is 37.6 Å². The van der Waals surface area contributed by atoms with Gasteiger partial charge >= 0.3 is 0 Å². The van der Waals surface area contributed by atoms with Crippen molar-refractivity contribution in [2.75, 3.05) is 0 Å². The maximum Gasteiger partial charge on any atom is 0.256 e. The van der Waals surface area contributed by atoms with Crippen molar-refractivity contribution in [3.63, 3.8) is 0 Å². The number of hydrogen-bond donors (Lipinski definition) is 0. The van der Waals surface area contributed by atoms with Crippen molar-refractivity contribution in [2.45, 2.75) is 43.0 Å². The Morgan fingerprint density at radius 1 is 1.33 bits per heavy atom. The summed E-state index contributed by atoms with van der Waals surface area (Å²) in [5.74, 6) is 0.170. The molecule has 0 saturated heterocycles. The minimum atomic E-state index is -0.190. The monoisotopic (exact) mass is 259 g/mol. The summed E-state index contributed by atoms with van der Waals surface area (Å²) in [4.78, 5) is 15.8. The molecule has 1 amide bonds. The minimum Gasteiger partial charge on any atom is -0.317 e. The van der Waals surface area contributed by atoms with Gasteiger partial charge in [-0.1, -0.05) is 35.5 Å². The Morgan fingerprint density at radius 3 is 2.83 bits per heavy atom. The summed E-state index contributed by atoms with van der Waals surface area (Å²) in [6, 6.07) is 7.93. The molecular weight excluding hydrogens is 242 g/mol. The van der Waals surface area contributed by atoms with E-state index in [0.29, 0.717) is 0 Å². The van der Waals surface area contributed by atoms with Gasteiger partial charge < -0.3 is 4.90 Å². The second kappa shape index (κ2) is 3.89. The van der Waals surface area contributed by atoms with E-state index >= 15 is 0 Å². The molecule has 0 fully saturated rings. The van der Waals surface area contributed by atoms with Gasteiger partial charge in [-0.15, -0.1) is 0 Å². The Balaban J connectivity index is 2.10. The quantitative estimate of drug-likeness (QED) is 0.662. The molecule has 2 aliphatic heterocycles. The van der Waals surface area contributed by atoms with Crippen LogP contribution in [0.4, 0.5) is 0 Å². The first kappa shape index (κ1) is 11.8. The largest absolute Gasteiger partial charge is 0.317 e. The third-order valence-electron chi connectivity index (χ3n) is 3.60. The number of carbonyl (C=O) groups excluding carboxylic acids is 1. The van der Waals surface area contributed by atoms with E-state index in [-0.39, 0.29) is 16.8 Å². The molecule has 0 aromatic heterocycles. The lowest BCUT2D eigenvalue weighted by molar-refractivity contribution is 0.0560. The fraction of sp³-hybridized carbons (Fsp3) is 0.400. The van der Waals surface area contributed by atoms with Gasteiger partial charge in [-0.05, 0) is 39.3 Å². The number of benzene rings is 1. The van der Waals surface area contributed by atoms with Gasteiger partial charge in [-0.2, -0.15) is 0 Å². The van der Waals surface area contributed by atoms with Crippen molar-refractivity contribution in [1.29, 1.82) is 0 Å². The van der Waals surface area contributed by atoms with Gasteiger partial charge in [0.05, 0.1) is 16.5 Å².